The van der Waals surface area contributed by atoms with Crippen LogP contribution in [-0.4, -0.2) is 31.8 Å². The predicted octanol–water partition coefficient (Wildman–Crippen LogP) is 1.24. The summed E-state index contributed by atoms with van der Waals surface area (Å²) in [6.07, 6.45) is 0.0581. The van der Waals surface area contributed by atoms with Crippen molar-refractivity contribution in [2.45, 2.75) is 17.4 Å². The third-order valence-electron chi connectivity index (χ3n) is 2.30. The first-order valence-electron chi connectivity index (χ1n) is 5.21. The van der Waals surface area contributed by atoms with Gasteiger partial charge < -0.3 is 0 Å². The summed E-state index contributed by atoms with van der Waals surface area (Å²) in [6.45, 7) is -0.0183. The molecule has 6 nitrogen and oxygen atoms in total. The Morgan fingerprint density at radius 1 is 1.33 bits per heavy atom. The monoisotopic (exact) mass is 292 g/mol. The number of sulfonamides is 1. The van der Waals surface area contributed by atoms with Gasteiger partial charge in [0.05, 0.1) is 10.8 Å². The van der Waals surface area contributed by atoms with Crippen LogP contribution in [0.1, 0.15) is 6.42 Å². The standard InChI is InChI=1S/C10H13ClN2O4S/c11-8-9(13(14)15)6-7-12-18(16,17)10-4-2-1-3-5-10/h1-5,9,12H,6-8H2/t9-/m1/s1. The summed E-state index contributed by atoms with van der Waals surface area (Å²) in [5.74, 6) is -0.139. The molecule has 0 aliphatic carbocycles. The van der Waals surface area contributed by atoms with Crippen LogP contribution in [0.3, 0.4) is 0 Å². The Kier molecular flexibility index (Phi) is 5.52. The van der Waals surface area contributed by atoms with E-state index in [0.29, 0.717) is 0 Å². The van der Waals surface area contributed by atoms with Gasteiger partial charge in [0.2, 0.25) is 16.1 Å². The molecule has 0 unspecified atom stereocenters. The quantitative estimate of drug-likeness (QED) is 0.465. The lowest BCUT2D eigenvalue weighted by molar-refractivity contribution is -0.517. The van der Waals surface area contributed by atoms with Gasteiger partial charge in [-0.2, -0.15) is 0 Å². The van der Waals surface area contributed by atoms with Crippen LogP contribution in [0, 0.1) is 10.1 Å². The summed E-state index contributed by atoms with van der Waals surface area (Å²) in [6, 6.07) is 6.88. The predicted molar refractivity (Wildman–Crippen MR) is 67.7 cm³/mol. The van der Waals surface area contributed by atoms with E-state index in [1.54, 1.807) is 18.2 Å². The number of nitro groups is 1. The Morgan fingerprint density at radius 2 is 1.94 bits per heavy atom. The van der Waals surface area contributed by atoms with E-state index in [4.69, 9.17) is 11.6 Å². The minimum absolute atomic E-state index is 0.0183. The molecule has 0 heterocycles. The van der Waals surface area contributed by atoms with E-state index in [0.717, 1.165) is 0 Å². The number of nitrogens with one attached hydrogen (secondary N) is 1. The van der Waals surface area contributed by atoms with Crippen LogP contribution in [0.15, 0.2) is 35.2 Å². The molecule has 0 radical (unpaired) electrons. The average Bonchev–Trinajstić information content (AvgIpc) is 2.35. The highest BCUT2D eigenvalue weighted by atomic mass is 35.5. The first-order valence-corrected chi connectivity index (χ1v) is 7.23. The van der Waals surface area contributed by atoms with E-state index in [9.17, 15) is 18.5 Å². The van der Waals surface area contributed by atoms with Crippen LogP contribution < -0.4 is 4.72 Å². The van der Waals surface area contributed by atoms with Gasteiger partial charge in [0.15, 0.2) is 0 Å². The second kappa shape index (κ2) is 6.67. The van der Waals surface area contributed by atoms with Crippen LogP contribution in [-0.2, 0) is 10.0 Å². The maximum atomic E-state index is 11.8. The molecule has 0 saturated heterocycles. The van der Waals surface area contributed by atoms with Gasteiger partial charge in [-0.1, -0.05) is 18.2 Å². The molecule has 1 aromatic carbocycles. The molecule has 1 aromatic rings. The third-order valence-corrected chi connectivity index (χ3v) is 4.13. The second-order valence-electron chi connectivity index (χ2n) is 3.59. The normalized spacial score (nSPS) is 13.2. The van der Waals surface area contributed by atoms with Crippen molar-refractivity contribution in [1.29, 1.82) is 0 Å². The fourth-order valence-corrected chi connectivity index (χ4v) is 2.62. The molecule has 0 saturated carbocycles. The Labute approximate surface area is 110 Å². The van der Waals surface area contributed by atoms with E-state index in [2.05, 4.69) is 4.72 Å². The number of alkyl halides is 1. The molecule has 0 fully saturated rings. The van der Waals surface area contributed by atoms with Gasteiger partial charge in [0.25, 0.3) is 0 Å². The zero-order chi connectivity index (χ0) is 13.6. The zero-order valence-corrected chi connectivity index (χ0v) is 11.0. The molecule has 0 bridgehead atoms. The molecule has 0 aliphatic rings. The first kappa shape index (κ1) is 14.9. The average molecular weight is 293 g/mol. The van der Waals surface area contributed by atoms with E-state index >= 15 is 0 Å². The fraction of sp³-hybridized carbons (Fsp3) is 0.400. The maximum Gasteiger partial charge on any atom is 0.240 e. The summed E-state index contributed by atoms with van der Waals surface area (Å²) in [5, 5.41) is 10.5. The lowest BCUT2D eigenvalue weighted by Crippen LogP contribution is -2.30. The first-order chi connectivity index (χ1) is 8.47. The van der Waals surface area contributed by atoms with Crippen molar-refractivity contribution in [3.05, 3.63) is 40.4 Å². The lowest BCUT2D eigenvalue weighted by Gasteiger charge is -2.08. The molecule has 1 atom stereocenters. The van der Waals surface area contributed by atoms with Crippen LogP contribution in [0.2, 0.25) is 0 Å². The molecule has 1 rings (SSSR count). The van der Waals surface area contributed by atoms with Gasteiger partial charge in [-0.05, 0) is 12.1 Å². The van der Waals surface area contributed by atoms with Crippen LogP contribution in [0.5, 0.6) is 0 Å². The number of benzene rings is 1. The third kappa shape index (κ3) is 4.25. The lowest BCUT2D eigenvalue weighted by atomic mass is 10.2. The SMILES string of the molecule is O=[N+]([O-])[C@@H](CCl)CCNS(=O)(=O)c1ccccc1. The molecule has 0 spiro atoms. The van der Waals surface area contributed by atoms with Crippen molar-refractivity contribution in [2.75, 3.05) is 12.4 Å². The zero-order valence-electron chi connectivity index (χ0n) is 9.45. The Balaban J connectivity index is 2.56. The van der Waals surface area contributed by atoms with Crippen LogP contribution >= 0.6 is 11.6 Å². The van der Waals surface area contributed by atoms with Crippen molar-refractivity contribution in [3.8, 4) is 0 Å². The summed E-state index contributed by atoms with van der Waals surface area (Å²) in [5.41, 5.74) is 0. The number of nitrogens with zero attached hydrogens (tertiary/aromatic N) is 1. The van der Waals surface area contributed by atoms with E-state index in [-0.39, 0.29) is 23.7 Å². The summed E-state index contributed by atoms with van der Waals surface area (Å²) in [4.78, 5) is 10.1. The highest BCUT2D eigenvalue weighted by molar-refractivity contribution is 7.89. The van der Waals surface area contributed by atoms with Crippen molar-refractivity contribution in [1.82, 2.24) is 4.72 Å². The summed E-state index contributed by atoms with van der Waals surface area (Å²) >= 11 is 5.41. The minimum Gasteiger partial charge on any atom is -0.264 e. The summed E-state index contributed by atoms with van der Waals surface area (Å²) in [7, 11) is -3.61. The number of rotatable bonds is 7. The molecule has 100 valence electrons. The van der Waals surface area contributed by atoms with Gasteiger partial charge in [0, 0.05) is 17.9 Å². The van der Waals surface area contributed by atoms with E-state index < -0.39 is 21.0 Å². The molecule has 0 aliphatic heterocycles. The van der Waals surface area contributed by atoms with Gasteiger partial charge in [-0.3, -0.25) is 10.1 Å². The van der Waals surface area contributed by atoms with Gasteiger partial charge >= 0.3 is 0 Å². The molecule has 0 amide bonds. The van der Waals surface area contributed by atoms with Crippen LogP contribution in [0.25, 0.3) is 0 Å². The minimum atomic E-state index is -3.61. The topological polar surface area (TPSA) is 89.3 Å². The van der Waals surface area contributed by atoms with Crippen LogP contribution in [0.4, 0.5) is 0 Å². The molecule has 1 N–H and O–H groups in total. The number of hydrogen-bond acceptors (Lipinski definition) is 4. The van der Waals surface area contributed by atoms with Crippen molar-refractivity contribution < 1.29 is 13.3 Å². The smallest absolute Gasteiger partial charge is 0.240 e. The molecular formula is C10H13ClN2O4S. The number of halogens is 1. The highest BCUT2D eigenvalue weighted by Crippen LogP contribution is 2.07. The van der Waals surface area contributed by atoms with Crippen molar-refractivity contribution in [2.24, 2.45) is 0 Å². The van der Waals surface area contributed by atoms with E-state index in [1.807, 2.05) is 0 Å². The van der Waals surface area contributed by atoms with Gasteiger partial charge in [-0.25, -0.2) is 13.1 Å². The molecule has 0 aromatic heterocycles. The van der Waals surface area contributed by atoms with Gasteiger partial charge in [0.1, 0.15) is 0 Å². The Bertz CT molecular complexity index is 492. The van der Waals surface area contributed by atoms with Crippen molar-refractivity contribution >= 4 is 21.6 Å². The summed E-state index contributed by atoms with van der Waals surface area (Å²) < 4.78 is 25.8. The maximum absolute atomic E-state index is 11.8. The van der Waals surface area contributed by atoms with E-state index in [1.165, 1.54) is 12.1 Å². The molecular weight excluding hydrogens is 280 g/mol. The largest absolute Gasteiger partial charge is 0.264 e. The highest BCUT2D eigenvalue weighted by Gasteiger charge is 2.20. The fourth-order valence-electron chi connectivity index (χ4n) is 1.28. The number of hydrogen-bond donors (Lipinski definition) is 1. The second-order valence-corrected chi connectivity index (χ2v) is 5.67. The Hall–Kier alpha value is -1.18. The van der Waals surface area contributed by atoms with Gasteiger partial charge in [-0.15, -0.1) is 11.6 Å². The van der Waals surface area contributed by atoms with Crippen molar-refractivity contribution in [3.63, 3.8) is 0 Å². The molecule has 18 heavy (non-hydrogen) atoms. The Morgan fingerprint density at radius 3 is 2.44 bits per heavy atom. The molecule has 8 heteroatoms.